The van der Waals surface area contributed by atoms with Gasteiger partial charge in [-0.15, -0.1) is 11.8 Å². The number of thioether (sulfide) groups is 1. The molecule has 2 aliphatic rings. The van der Waals surface area contributed by atoms with Crippen molar-refractivity contribution in [2.24, 2.45) is 0 Å². The van der Waals surface area contributed by atoms with Gasteiger partial charge in [-0.2, -0.15) is 5.10 Å². The van der Waals surface area contributed by atoms with Crippen molar-refractivity contribution < 1.29 is 9.53 Å². The molecule has 5 rings (SSSR count). The molecule has 3 aromatic rings. The van der Waals surface area contributed by atoms with Crippen molar-refractivity contribution >= 4 is 17.7 Å². The molecule has 6 heteroatoms. The van der Waals surface area contributed by atoms with E-state index in [1.54, 1.807) is 11.8 Å². The highest BCUT2D eigenvalue weighted by Crippen LogP contribution is 2.29. The Labute approximate surface area is 187 Å². The summed E-state index contributed by atoms with van der Waals surface area (Å²) in [6.45, 7) is 1.30. The maximum absolute atomic E-state index is 13.0. The quantitative estimate of drug-likeness (QED) is 0.555. The zero-order valence-electron chi connectivity index (χ0n) is 17.5. The van der Waals surface area contributed by atoms with E-state index in [2.05, 4.69) is 22.1 Å². The van der Waals surface area contributed by atoms with Crippen molar-refractivity contribution in [1.29, 1.82) is 0 Å². The molecular formula is C25H27N3O2S. The summed E-state index contributed by atoms with van der Waals surface area (Å²) < 4.78 is 7.78. The van der Waals surface area contributed by atoms with Gasteiger partial charge in [0, 0.05) is 22.9 Å². The zero-order valence-corrected chi connectivity index (χ0v) is 18.4. The first-order valence-electron chi connectivity index (χ1n) is 11.1. The molecule has 1 aromatic heterocycles. The fourth-order valence-corrected chi connectivity index (χ4v) is 5.56. The summed E-state index contributed by atoms with van der Waals surface area (Å²) in [5, 5.41) is 7.98. The third-order valence-corrected chi connectivity index (χ3v) is 7.22. The summed E-state index contributed by atoms with van der Waals surface area (Å²) >= 11 is 1.71. The second kappa shape index (κ2) is 9.28. The molecule has 0 bridgehead atoms. The third-order valence-electron chi connectivity index (χ3n) is 6.01. The van der Waals surface area contributed by atoms with Gasteiger partial charge >= 0.3 is 0 Å². The molecule has 0 radical (unpaired) electrons. The molecule has 2 aromatic carbocycles. The predicted molar refractivity (Wildman–Crippen MR) is 123 cm³/mol. The molecule has 0 spiro atoms. The van der Waals surface area contributed by atoms with Gasteiger partial charge in [-0.05, 0) is 61.9 Å². The SMILES string of the molecule is O=C(NCc1nn(-c2ccccc2)c2c1CCC2)c1ccccc1SCC1CCCO1. The van der Waals surface area contributed by atoms with Gasteiger partial charge in [0.05, 0.1) is 29.6 Å². The third kappa shape index (κ3) is 4.41. The van der Waals surface area contributed by atoms with E-state index in [-0.39, 0.29) is 5.91 Å². The Hall–Kier alpha value is -2.57. The van der Waals surface area contributed by atoms with E-state index >= 15 is 0 Å². The number of carbonyl (C=O) groups excluding carboxylic acids is 1. The summed E-state index contributed by atoms with van der Waals surface area (Å²) in [6.07, 6.45) is 5.74. The highest BCUT2D eigenvalue weighted by Gasteiger charge is 2.24. The van der Waals surface area contributed by atoms with Crippen LogP contribution in [0.25, 0.3) is 5.69 Å². The zero-order chi connectivity index (χ0) is 21.0. The second-order valence-electron chi connectivity index (χ2n) is 8.10. The van der Waals surface area contributed by atoms with E-state index in [1.807, 2.05) is 42.5 Å². The van der Waals surface area contributed by atoms with Crippen molar-refractivity contribution in [3.05, 3.63) is 77.1 Å². The van der Waals surface area contributed by atoms with Gasteiger partial charge in [-0.1, -0.05) is 30.3 Å². The number of nitrogens with one attached hydrogen (secondary N) is 1. The van der Waals surface area contributed by atoms with Crippen molar-refractivity contribution in [2.75, 3.05) is 12.4 Å². The molecule has 1 N–H and O–H groups in total. The maximum atomic E-state index is 13.0. The predicted octanol–water partition coefficient (Wildman–Crippen LogP) is 4.56. The van der Waals surface area contributed by atoms with Crippen LogP contribution >= 0.6 is 11.8 Å². The Morgan fingerprint density at radius 2 is 1.94 bits per heavy atom. The largest absolute Gasteiger partial charge is 0.377 e. The molecule has 1 atom stereocenters. The lowest BCUT2D eigenvalue weighted by Crippen LogP contribution is -2.24. The summed E-state index contributed by atoms with van der Waals surface area (Å²) in [7, 11) is 0. The Kier molecular flexibility index (Phi) is 6.09. The van der Waals surface area contributed by atoms with E-state index < -0.39 is 0 Å². The lowest BCUT2D eigenvalue weighted by molar-refractivity contribution is 0.0947. The number of fused-ring (bicyclic) bond motifs is 1. The van der Waals surface area contributed by atoms with Crippen LogP contribution in [0.15, 0.2) is 59.5 Å². The Morgan fingerprint density at radius 1 is 1.10 bits per heavy atom. The summed E-state index contributed by atoms with van der Waals surface area (Å²) in [4.78, 5) is 14.0. The van der Waals surface area contributed by atoms with Gasteiger partial charge in [0.1, 0.15) is 0 Å². The number of para-hydroxylation sites is 1. The maximum Gasteiger partial charge on any atom is 0.252 e. The highest BCUT2D eigenvalue weighted by molar-refractivity contribution is 7.99. The summed E-state index contributed by atoms with van der Waals surface area (Å²) in [5.41, 5.74) is 5.36. The normalized spacial score (nSPS) is 17.6. The fourth-order valence-electron chi connectivity index (χ4n) is 4.44. The number of nitrogens with zero attached hydrogens (tertiary/aromatic N) is 2. The molecule has 1 aliphatic heterocycles. The first kappa shape index (κ1) is 20.3. The van der Waals surface area contributed by atoms with Crippen molar-refractivity contribution in [3.63, 3.8) is 0 Å². The molecule has 1 fully saturated rings. The van der Waals surface area contributed by atoms with Crippen LogP contribution in [0.5, 0.6) is 0 Å². The fraction of sp³-hybridized carbons (Fsp3) is 0.360. The molecule has 0 saturated carbocycles. The molecule has 1 amide bonds. The van der Waals surface area contributed by atoms with E-state index in [0.717, 1.165) is 66.3 Å². The van der Waals surface area contributed by atoms with E-state index in [1.165, 1.54) is 11.3 Å². The van der Waals surface area contributed by atoms with Crippen molar-refractivity contribution in [2.45, 2.75) is 49.6 Å². The minimum Gasteiger partial charge on any atom is -0.377 e. The first-order valence-corrected chi connectivity index (χ1v) is 12.0. The van der Waals surface area contributed by atoms with Crippen LogP contribution in [0.1, 0.15) is 46.6 Å². The van der Waals surface area contributed by atoms with Crippen LogP contribution in [0.3, 0.4) is 0 Å². The highest BCUT2D eigenvalue weighted by atomic mass is 32.2. The van der Waals surface area contributed by atoms with Crippen LogP contribution in [0, 0.1) is 0 Å². The van der Waals surface area contributed by atoms with Gasteiger partial charge in [0.25, 0.3) is 5.91 Å². The van der Waals surface area contributed by atoms with E-state index in [0.29, 0.717) is 12.6 Å². The lowest BCUT2D eigenvalue weighted by atomic mass is 10.2. The van der Waals surface area contributed by atoms with Gasteiger partial charge in [-0.25, -0.2) is 4.68 Å². The van der Waals surface area contributed by atoms with Crippen LogP contribution in [0.2, 0.25) is 0 Å². The smallest absolute Gasteiger partial charge is 0.252 e. The molecule has 2 heterocycles. The molecule has 1 saturated heterocycles. The van der Waals surface area contributed by atoms with Crippen LogP contribution < -0.4 is 5.32 Å². The number of hydrogen-bond donors (Lipinski definition) is 1. The second-order valence-corrected chi connectivity index (χ2v) is 9.16. The lowest BCUT2D eigenvalue weighted by Gasteiger charge is -2.12. The first-order chi connectivity index (χ1) is 15.3. The van der Waals surface area contributed by atoms with E-state index in [4.69, 9.17) is 9.84 Å². The minimum atomic E-state index is -0.0450. The summed E-state index contributed by atoms with van der Waals surface area (Å²) in [5.74, 6) is 0.843. The number of hydrogen-bond acceptors (Lipinski definition) is 4. The molecule has 1 unspecified atom stereocenters. The van der Waals surface area contributed by atoms with Crippen molar-refractivity contribution in [3.8, 4) is 5.69 Å². The molecule has 31 heavy (non-hydrogen) atoms. The number of benzene rings is 2. The minimum absolute atomic E-state index is 0.0450. The average Bonchev–Trinajstić information content (AvgIpc) is 3.56. The monoisotopic (exact) mass is 433 g/mol. The van der Waals surface area contributed by atoms with Crippen molar-refractivity contribution in [1.82, 2.24) is 15.1 Å². The van der Waals surface area contributed by atoms with Gasteiger partial charge in [0.2, 0.25) is 0 Å². The number of rotatable bonds is 7. The molecule has 1 aliphatic carbocycles. The van der Waals surface area contributed by atoms with Crippen LogP contribution in [0.4, 0.5) is 0 Å². The van der Waals surface area contributed by atoms with Gasteiger partial charge in [-0.3, -0.25) is 4.79 Å². The topological polar surface area (TPSA) is 56.2 Å². The van der Waals surface area contributed by atoms with Gasteiger partial charge < -0.3 is 10.1 Å². The number of carbonyl (C=O) groups is 1. The standard InChI is InChI=1S/C25H27N3O2S/c29-25(21-11-4-5-14-24(21)31-17-19-10-7-15-30-19)26-16-22-20-12-6-13-23(20)28(27-22)18-8-2-1-3-9-18/h1-5,8-9,11,14,19H,6-7,10,12-13,15-17H2,(H,26,29). The molecule has 160 valence electrons. The van der Waals surface area contributed by atoms with E-state index in [9.17, 15) is 4.79 Å². The number of amides is 1. The Morgan fingerprint density at radius 3 is 2.77 bits per heavy atom. The number of ether oxygens (including phenoxy) is 1. The average molecular weight is 434 g/mol. The molecule has 5 nitrogen and oxygen atoms in total. The Balaban J connectivity index is 1.29. The van der Waals surface area contributed by atoms with Gasteiger partial charge in [0.15, 0.2) is 0 Å². The molecular weight excluding hydrogens is 406 g/mol. The number of aromatic nitrogens is 2. The van der Waals surface area contributed by atoms with Crippen LogP contribution in [-0.4, -0.2) is 34.2 Å². The Bertz CT molecular complexity index is 1060. The van der Waals surface area contributed by atoms with Crippen LogP contribution in [-0.2, 0) is 24.1 Å². The summed E-state index contributed by atoms with van der Waals surface area (Å²) in [6, 6.07) is 18.1.